The Hall–Kier alpha value is -1.36. The fourth-order valence-electron chi connectivity index (χ4n) is 1.24. The fraction of sp³-hybridized carbons (Fsp3) is 0.455. The number of aromatic nitrogens is 1. The topological polar surface area (TPSA) is 36.7 Å². The summed E-state index contributed by atoms with van der Waals surface area (Å²) in [5.41, 5.74) is 1.74. The standard InChI is InChI=1S/C11H14N2/c1-2-3-4-5-11-8-10(9-12)6-7-13-11/h6-8H,2-5H2,1H3. The monoisotopic (exact) mass is 174 g/mol. The van der Waals surface area contributed by atoms with E-state index in [0.717, 1.165) is 12.1 Å². The summed E-state index contributed by atoms with van der Waals surface area (Å²) < 4.78 is 0. The summed E-state index contributed by atoms with van der Waals surface area (Å²) in [6, 6.07) is 5.73. The lowest BCUT2D eigenvalue weighted by atomic mass is 10.1. The molecule has 2 nitrogen and oxygen atoms in total. The Morgan fingerprint density at radius 3 is 3.00 bits per heavy atom. The zero-order chi connectivity index (χ0) is 9.52. The van der Waals surface area contributed by atoms with Crippen LogP contribution in [0.1, 0.15) is 37.4 Å². The molecule has 1 rings (SSSR count). The largest absolute Gasteiger partial charge is 0.261 e. The molecule has 0 atom stereocenters. The molecule has 0 amide bonds. The van der Waals surface area contributed by atoms with Gasteiger partial charge in [0.15, 0.2) is 0 Å². The van der Waals surface area contributed by atoms with E-state index in [1.165, 1.54) is 19.3 Å². The molecule has 0 aliphatic rings. The predicted molar refractivity (Wildman–Crippen MR) is 52.2 cm³/mol. The maximum Gasteiger partial charge on any atom is 0.0992 e. The Labute approximate surface area is 79.2 Å². The summed E-state index contributed by atoms with van der Waals surface area (Å²) in [7, 11) is 0. The third kappa shape index (κ3) is 3.25. The van der Waals surface area contributed by atoms with Crippen LogP contribution in [0.5, 0.6) is 0 Å². The number of nitriles is 1. The fourth-order valence-corrected chi connectivity index (χ4v) is 1.24. The highest BCUT2D eigenvalue weighted by Gasteiger charge is 1.95. The molecule has 68 valence electrons. The molecule has 0 saturated heterocycles. The Kier molecular flexibility index (Phi) is 3.98. The first kappa shape index (κ1) is 9.73. The third-order valence-electron chi connectivity index (χ3n) is 1.98. The molecule has 0 fully saturated rings. The number of rotatable bonds is 4. The minimum atomic E-state index is 0.710. The molecule has 0 unspecified atom stereocenters. The van der Waals surface area contributed by atoms with Gasteiger partial charge < -0.3 is 0 Å². The third-order valence-corrected chi connectivity index (χ3v) is 1.98. The van der Waals surface area contributed by atoms with Crippen molar-refractivity contribution in [3.8, 4) is 6.07 Å². The van der Waals surface area contributed by atoms with Crippen molar-refractivity contribution >= 4 is 0 Å². The van der Waals surface area contributed by atoms with E-state index in [4.69, 9.17) is 5.26 Å². The molecule has 0 saturated carbocycles. The average molecular weight is 174 g/mol. The van der Waals surface area contributed by atoms with Crippen molar-refractivity contribution < 1.29 is 0 Å². The lowest BCUT2D eigenvalue weighted by Crippen LogP contribution is -1.90. The van der Waals surface area contributed by atoms with Gasteiger partial charge in [-0.3, -0.25) is 4.98 Å². The van der Waals surface area contributed by atoms with Crippen molar-refractivity contribution in [2.75, 3.05) is 0 Å². The molecule has 0 radical (unpaired) electrons. The van der Waals surface area contributed by atoms with Gasteiger partial charge in [-0.1, -0.05) is 19.8 Å². The zero-order valence-electron chi connectivity index (χ0n) is 7.95. The molecule has 1 aromatic heterocycles. The van der Waals surface area contributed by atoms with Gasteiger partial charge in [-0.05, 0) is 25.0 Å². The number of aryl methyl sites for hydroxylation is 1. The van der Waals surface area contributed by atoms with Crippen LogP contribution in [0.15, 0.2) is 18.3 Å². The summed E-state index contributed by atoms with van der Waals surface area (Å²) in [6.07, 6.45) is 6.32. The summed E-state index contributed by atoms with van der Waals surface area (Å²) >= 11 is 0. The van der Waals surface area contributed by atoms with Crippen LogP contribution in [-0.2, 0) is 6.42 Å². The number of hydrogen-bond donors (Lipinski definition) is 0. The maximum absolute atomic E-state index is 8.66. The van der Waals surface area contributed by atoms with Crippen molar-refractivity contribution in [2.45, 2.75) is 32.6 Å². The van der Waals surface area contributed by atoms with Gasteiger partial charge in [-0.15, -0.1) is 0 Å². The van der Waals surface area contributed by atoms with E-state index < -0.39 is 0 Å². The van der Waals surface area contributed by atoms with E-state index in [2.05, 4.69) is 18.0 Å². The van der Waals surface area contributed by atoms with Crippen LogP contribution in [0, 0.1) is 11.3 Å². The Balaban J connectivity index is 2.52. The van der Waals surface area contributed by atoms with Crippen LogP contribution in [0.3, 0.4) is 0 Å². The van der Waals surface area contributed by atoms with Crippen LogP contribution in [0.4, 0.5) is 0 Å². The van der Waals surface area contributed by atoms with E-state index in [1.807, 2.05) is 6.07 Å². The summed E-state index contributed by atoms with van der Waals surface area (Å²) in [5, 5.41) is 8.66. The second-order valence-electron chi connectivity index (χ2n) is 3.10. The van der Waals surface area contributed by atoms with E-state index in [1.54, 1.807) is 12.3 Å². The van der Waals surface area contributed by atoms with E-state index in [-0.39, 0.29) is 0 Å². The van der Waals surface area contributed by atoms with Gasteiger partial charge in [0, 0.05) is 11.9 Å². The lowest BCUT2D eigenvalue weighted by molar-refractivity contribution is 0.707. The molecule has 1 aromatic rings. The number of hydrogen-bond acceptors (Lipinski definition) is 2. The van der Waals surface area contributed by atoms with Gasteiger partial charge in [0.2, 0.25) is 0 Å². The van der Waals surface area contributed by atoms with Crippen molar-refractivity contribution in [3.05, 3.63) is 29.6 Å². The van der Waals surface area contributed by atoms with Crippen molar-refractivity contribution in [3.63, 3.8) is 0 Å². The molecule has 0 aliphatic heterocycles. The quantitative estimate of drug-likeness (QED) is 0.658. The Morgan fingerprint density at radius 1 is 1.46 bits per heavy atom. The molecule has 0 N–H and O–H groups in total. The van der Waals surface area contributed by atoms with E-state index in [9.17, 15) is 0 Å². The molecule has 0 spiro atoms. The highest BCUT2D eigenvalue weighted by Crippen LogP contribution is 2.05. The minimum absolute atomic E-state index is 0.710. The molecule has 0 aliphatic carbocycles. The number of pyridine rings is 1. The molecule has 2 heteroatoms. The van der Waals surface area contributed by atoms with Crippen molar-refractivity contribution in [2.24, 2.45) is 0 Å². The average Bonchev–Trinajstić information content (AvgIpc) is 2.19. The Bertz CT molecular complexity index is 299. The summed E-state index contributed by atoms with van der Waals surface area (Å²) in [4.78, 5) is 4.21. The van der Waals surface area contributed by atoms with Gasteiger partial charge in [0.25, 0.3) is 0 Å². The van der Waals surface area contributed by atoms with E-state index in [0.29, 0.717) is 5.56 Å². The second kappa shape index (κ2) is 5.31. The van der Waals surface area contributed by atoms with E-state index >= 15 is 0 Å². The highest BCUT2D eigenvalue weighted by atomic mass is 14.7. The molecule has 0 bridgehead atoms. The lowest BCUT2D eigenvalue weighted by Gasteiger charge is -1.98. The molecule has 13 heavy (non-hydrogen) atoms. The molecular formula is C11H14N2. The first-order chi connectivity index (χ1) is 6.36. The van der Waals surface area contributed by atoms with Crippen molar-refractivity contribution in [1.29, 1.82) is 5.26 Å². The van der Waals surface area contributed by atoms with Gasteiger partial charge in [0.1, 0.15) is 0 Å². The number of unbranched alkanes of at least 4 members (excludes halogenated alkanes) is 2. The van der Waals surface area contributed by atoms with Gasteiger partial charge in [-0.25, -0.2) is 0 Å². The molecule has 0 aromatic carbocycles. The van der Waals surface area contributed by atoms with Crippen LogP contribution in [-0.4, -0.2) is 4.98 Å². The highest BCUT2D eigenvalue weighted by molar-refractivity contribution is 5.28. The molecular weight excluding hydrogens is 160 g/mol. The zero-order valence-corrected chi connectivity index (χ0v) is 7.95. The van der Waals surface area contributed by atoms with Crippen LogP contribution >= 0.6 is 0 Å². The minimum Gasteiger partial charge on any atom is -0.261 e. The first-order valence-corrected chi connectivity index (χ1v) is 4.72. The maximum atomic E-state index is 8.66. The first-order valence-electron chi connectivity index (χ1n) is 4.72. The second-order valence-corrected chi connectivity index (χ2v) is 3.10. The molecule has 1 heterocycles. The predicted octanol–water partition coefficient (Wildman–Crippen LogP) is 2.69. The summed E-state index contributed by atoms with van der Waals surface area (Å²) in [5.74, 6) is 0. The number of nitrogens with zero attached hydrogens (tertiary/aromatic N) is 2. The smallest absolute Gasteiger partial charge is 0.0992 e. The normalized spacial score (nSPS) is 9.54. The SMILES string of the molecule is CCCCCc1cc(C#N)ccn1. The summed E-state index contributed by atoms with van der Waals surface area (Å²) in [6.45, 7) is 2.18. The van der Waals surface area contributed by atoms with Crippen LogP contribution in [0.2, 0.25) is 0 Å². The van der Waals surface area contributed by atoms with Gasteiger partial charge >= 0.3 is 0 Å². The van der Waals surface area contributed by atoms with Crippen molar-refractivity contribution in [1.82, 2.24) is 4.98 Å². The Morgan fingerprint density at radius 2 is 2.31 bits per heavy atom. The van der Waals surface area contributed by atoms with Gasteiger partial charge in [-0.2, -0.15) is 5.26 Å². The van der Waals surface area contributed by atoms with Crippen LogP contribution in [0.25, 0.3) is 0 Å². The van der Waals surface area contributed by atoms with Crippen LogP contribution < -0.4 is 0 Å². The van der Waals surface area contributed by atoms with Gasteiger partial charge in [0.05, 0.1) is 11.6 Å².